The third kappa shape index (κ3) is 10.4. The Morgan fingerprint density at radius 1 is 1.02 bits per heavy atom. The molecule has 0 aliphatic heterocycles. The fraction of sp³-hybridized carbons (Fsp3) is 0.571. The second-order valence-electron chi connectivity index (χ2n) is 10.4. The lowest BCUT2D eigenvalue weighted by molar-refractivity contribution is -0.131. The average molecular weight is 560 g/mol. The molecule has 222 valence electrons. The number of rotatable bonds is 16. The van der Waals surface area contributed by atoms with Crippen molar-refractivity contribution < 1.29 is 23.9 Å². The molecule has 7 N–H and O–H groups in total. The van der Waals surface area contributed by atoms with E-state index in [-0.39, 0.29) is 24.8 Å². The maximum atomic E-state index is 13.3. The maximum absolute atomic E-state index is 13.3. The van der Waals surface area contributed by atoms with Gasteiger partial charge >= 0.3 is 12.1 Å². The number of H-pyrrole nitrogens is 1. The number of urea groups is 1. The Bertz CT molecular complexity index is 1130. The Morgan fingerprint density at radius 2 is 1.75 bits per heavy atom. The van der Waals surface area contributed by atoms with E-state index in [9.17, 15) is 19.2 Å². The van der Waals surface area contributed by atoms with Gasteiger partial charge in [0, 0.05) is 36.7 Å². The number of carbonyl (C=O) groups excluding carboxylic acids is 4. The number of carbonyl (C=O) groups is 4. The maximum Gasteiger partial charge on any atom is 0.413 e. The van der Waals surface area contributed by atoms with E-state index in [0.717, 1.165) is 42.3 Å². The van der Waals surface area contributed by atoms with Gasteiger partial charge in [-0.3, -0.25) is 9.59 Å². The lowest BCUT2D eigenvalue weighted by Gasteiger charge is -2.25. The monoisotopic (exact) mass is 559 g/mol. The first-order valence-electron chi connectivity index (χ1n) is 13.9. The zero-order valence-electron chi connectivity index (χ0n) is 24.3. The van der Waals surface area contributed by atoms with E-state index in [1.807, 2.05) is 47.1 Å². The van der Waals surface area contributed by atoms with Crippen LogP contribution in [0.3, 0.4) is 0 Å². The third-order valence-electron chi connectivity index (χ3n) is 6.43. The van der Waals surface area contributed by atoms with Crippen molar-refractivity contribution in [1.29, 1.82) is 0 Å². The summed E-state index contributed by atoms with van der Waals surface area (Å²) in [5, 5.41) is 11.6. The van der Waals surface area contributed by atoms with E-state index >= 15 is 0 Å². The average Bonchev–Trinajstić information content (AvgIpc) is 3.31. The van der Waals surface area contributed by atoms with E-state index in [1.165, 1.54) is 0 Å². The first-order chi connectivity index (χ1) is 19.0. The molecule has 1 aromatic carbocycles. The molecule has 2 rings (SSSR count). The minimum absolute atomic E-state index is 0.179. The molecule has 0 spiro atoms. The molecule has 1 heterocycles. The number of hydrogen-bond donors (Lipinski definition) is 6. The summed E-state index contributed by atoms with van der Waals surface area (Å²) in [6.45, 7) is 7.25. The Balaban J connectivity index is 2.17. The zero-order valence-corrected chi connectivity index (χ0v) is 24.3. The second-order valence-corrected chi connectivity index (χ2v) is 10.4. The van der Waals surface area contributed by atoms with Crippen LogP contribution in [-0.2, 0) is 16.0 Å². The van der Waals surface area contributed by atoms with Gasteiger partial charge in [0.25, 0.3) is 0 Å². The number of benzene rings is 1. The lowest BCUT2D eigenvalue weighted by Crippen LogP contribution is -2.56. The number of ether oxygens (including phenoxy) is 1. The molecule has 2 atom stereocenters. The van der Waals surface area contributed by atoms with Crippen LogP contribution in [0, 0.1) is 5.92 Å². The molecule has 5 amide bonds. The van der Waals surface area contributed by atoms with Crippen molar-refractivity contribution in [1.82, 2.24) is 31.2 Å². The van der Waals surface area contributed by atoms with E-state index in [0.29, 0.717) is 18.7 Å². The Hall–Kier alpha value is -3.80. The summed E-state index contributed by atoms with van der Waals surface area (Å²) >= 11 is 0. The van der Waals surface area contributed by atoms with Crippen molar-refractivity contribution in [2.45, 2.75) is 65.0 Å². The highest BCUT2D eigenvalue weighted by Crippen LogP contribution is 2.29. The van der Waals surface area contributed by atoms with Crippen LogP contribution in [-0.4, -0.2) is 79.6 Å². The van der Waals surface area contributed by atoms with Crippen LogP contribution in [0.5, 0.6) is 5.75 Å². The fourth-order valence-corrected chi connectivity index (χ4v) is 4.19. The largest absolute Gasteiger partial charge is 0.413 e. The molecule has 0 aliphatic carbocycles. The summed E-state index contributed by atoms with van der Waals surface area (Å²) in [7, 11) is 3.98. The van der Waals surface area contributed by atoms with Crippen LogP contribution < -0.4 is 31.7 Å². The molecule has 2 aromatic rings. The molecule has 12 nitrogen and oxygen atoms in total. The summed E-state index contributed by atoms with van der Waals surface area (Å²) in [6, 6.07) is 2.92. The number of nitrogens with one attached hydrogen (secondary N) is 5. The van der Waals surface area contributed by atoms with E-state index < -0.39 is 30.1 Å². The number of aromatic amines is 1. The summed E-state index contributed by atoms with van der Waals surface area (Å²) in [5.41, 5.74) is 6.98. The van der Waals surface area contributed by atoms with Crippen LogP contribution in [0.15, 0.2) is 24.4 Å². The number of hydrogen-bond acceptors (Lipinski definition) is 6. The zero-order chi connectivity index (χ0) is 29.7. The summed E-state index contributed by atoms with van der Waals surface area (Å²) in [5.74, 6) is -0.610. The van der Waals surface area contributed by atoms with Gasteiger partial charge < -0.3 is 41.6 Å². The number of aromatic nitrogens is 1. The van der Waals surface area contributed by atoms with Gasteiger partial charge in [0.15, 0.2) is 0 Å². The van der Waals surface area contributed by atoms with E-state index in [1.54, 1.807) is 12.1 Å². The number of unbranched alkanes of at least 4 members (excludes halogenated alkanes) is 1. The highest BCUT2D eigenvalue weighted by molar-refractivity contribution is 5.93. The minimum atomic E-state index is -1.01. The molecule has 0 radical (unpaired) electrons. The van der Waals surface area contributed by atoms with Crippen LogP contribution in [0.2, 0.25) is 0 Å². The normalized spacial score (nSPS) is 12.7. The molecule has 1 unspecified atom stereocenters. The smallest absolute Gasteiger partial charge is 0.410 e. The third-order valence-corrected chi connectivity index (χ3v) is 6.43. The first-order valence-corrected chi connectivity index (χ1v) is 13.9. The van der Waals surface area contributed by atoms with Crippen molar-refractivity contribution in [3.63, 3.8) is 0 Å². The number of primary amides is 1. The van der Waals surface area contributed by atoms with Crippen molar-refractivity contribution in [3.8, 4) is 5.75 Å². The number of nitrogens with zero attached hydrogens (tertiary/aromatic N) is 1. The first kappa shape index (κ1) is 32.4. The molecule has 0 saturated heterocycles. The fourth-order valence-electron chi connectivity index (χ4n) is 4.19. The number of likely N-dealkylation sites (N-methyl/N-ethyl adjacent to an activating group) is 1. The molecule has 0 bridgehead atoms. The van der Waals surface area contributed by atoms with E-state index in [4.69, 9.17) is 10.5 Å². The molecule has 1 aromatic heterocycles. The summed E-state index contributed by atoms with van der Waals surface area (Å²) < 4.78 is 5.69. The molecule has 0 aliphatic rings. The van der Waals surface area contributed by atoms with Gasteiger partial charge in [0.1, 0.15) is 17.8 Å². The van der Waals surface area contributed by atoms with Crippen LogP contribution in [0.4, 0.5) is 9.59 Å². The standard InChI is InChI=1S/C28H45N7O5/c1-6-7-14-30-26(37)24(18(2)3)34-25(36)21(11-9-15-31-27(29)38)33-28(39)40-22-12-8-10-20-23(22)19(17-32-20)13-16-35(4)5/h8,10,12,17-18,21,24,32H,6-7,9,11,13-16H2,1-5H3,(H,30,37)(H,33,39)(H,34,36)(H3,29,31,38)/t21-,24?/m1/s1. The SMILES string of the molecule is CCCCNC(=O)C(NC(=O)[C@@H](CCCNC(N)=O)NC(=O)Oc1cccc2[nH]cc(CCN(C)C)c12)C(C)C. The Labute approximate surface area is 236 Å². The van der Waals surface area contributed by atoms with Gasteiger partial charge in [-0.2, -0.15) is 0 Å². The van der Waals surface area contributed by atoms with Gasteiger partial charge in [-0.05, 0) is 63.4 Å². The number of fused-ring (bicyclic) bond motifs is 1. The second kappa shape index (κ2) is 16.3. The van der Waals surface area contributed by atoms with Crippen LogP contribution in [0.1, 0.15) is 52.0 Å². The number of nitrogens with two attached hydrogens (primary N) is 1. The quantitative estimate of drug-likeness (QED) is 0.172. The summed E-state index contributed by atoms with van der Waals surface area (Å²) in [4.78, 5) is 55.4. The van der Waals surface area contributed by atoms with Crippen LogP contribution >= 0.6 is 0 Å². The molecule has 0 fully saturated rings. The van der Waals surface area contributed by atoms with Gasteiger partial charge in [-0.1, -0.05) is 33.3 Å². The van der Waals surface area contributed by atoms with Crippen molar-refractivity contribution in [3.05, 3.63) is 30.0 Å². The minimum Gasteiger partial charge on any atom is -0.410 e. The highest BCUT2D eigenvalue weighted by atomic mass is 16.6. The predicted octanol–water partition coefficient (Wildman–Crippen LogP) is 2.23. The van der Waals surface area contributed by atoms with Crippen molar-refractivity contribution in [2.24, 2.45) is 11.7 Å². The molecule has 0 saturated carbocycles. The molecule has 40 heavy (non-hydrogen) atoms. The Kier molecular flexibility index (Phi) is 13.2. The van der Waals surface area contributed by atoms with E-state index in [2.05, 4.69) is 31.2 Å². The molecule has 12 heteroatoms. The molecular formula is C28H45N7O5. The van der Waals surface area contributed by atoms with Crippen molar-refractivity contribution >= 4 is 34.8 Å². The van der Waals surface area contributed by atoms with Crippen LogP contribution in [0.25, 0.3) is 10.9 Å². The van der Waals surface area contributed by atoms with Gasteiger partial charge in [0.2, 0.25) is 11.8 Å². The Morgan fingerprint density at radius 3 is 2.40 bits per heavy atom. The topological polar surface area (TPSA) is 171 Å². The summed E-state index contributed by atoms with van der Waals surface area (Å²) in [6.07, 6.45) is 4.16. The van der Waals surface area contributed by atoms with Crippen molar-refractivity contribution in [2.75, 3.05) is 33.7 Å². The van der Waals surface area contributed by atoms with Gasteiger partial charge in [-0.15, -0.1) is 0 Å². The molecular weight excluding hydrogens is 514 g/mol. The highest BCUT2D eigenvalue weighted by Gasteiger charge is 2.29. The predicted molar refractivity (Wildman–Crippen MR) is 155 cm³/mol. The number of amides is 5. The van der Waals surface area contributed by atoms with Gasteiger partial charge in [-0.25, -0.2) is 9.59 Å². The lowest BCUT2D eigenvalue weighted by atomic mass is 10.0. The van der Waals surface area contributed by atoms with Gasteiger partial charge in [0.05, 0.1) is 0 Å².